The average Bonchev–Trinajstić information content (AvgIpc) is 2.47. The predicted molar refractivity (Wildman–Crippen MR) is 83.0 cm³/mol. The number of benzene rings is 2. The Morgan fingerprint density at radius 3 is 2.38 bits per heavy atom. The lowest BCUT2D eigenvalue weighted by atomic mass is 10.0. The van der Waals surface area contributed by atoms with Crippen LogP contribution >= 0.6 is 0 Å². The summed E-state index contributed by atoms with van der Waals surface area (Å²) in [6.07, 6.45) is 0.693. The van der Waals surface area contributed by atoms with E-state index in [2.05, 4.69) is 4.90 Å². The molecule has 2 aromatic carbocycles. The van der Waals surface area contributed by atoms with Gasteiger partial charge in [-0.1, -0.05) is 19.1 Å². The third-order valence-electron chi connectivity index (χ3n) is 3.49. The van der Waals surface area contributed by atoms with Gasteiger partial charge in [-0.05, 0) is 47.9 Å². The fourth-order valence-electron chi connectivity index (χ4n) is 2.32. The number of aryl methyl sites for hydroxylation is 1. The molecular formula is C17H19NO3. The van der Waals surface area contributed by atoms with Gasteiger partial charge in [0.1, 0.15) is 5.75 Å². The van der Waals surface area contributed by atoms with E-state index in [-0.39, 0.29) is 5.75 Å². The Bertz CT molecular complexity index is 635. The third kappa shape index (κ3) is 3.54. The Balaban J connectivity index is 2.19. The summed E-state index contributed by atoms with van der Waals surface area (Å²) in [5.74, 6) is -0.642. The molecule has 4 nitrogen and oxygen atoms in total. The van der Waals surface area contributed by atoms with Gasteiger partial charge in [-0.15, -0.1) is 0 Å². The Morgan fingerprint density at radius 1 is 1.14 bits per heavy atom. The highest BCUT2D eigenvalue weighted by Crippen LogP contribution is 2.20. The fraction of sp³-hybridized carbons (Fsp3) is 0.235. The number of rotatable bonds is 5. The minimum atomic E-state index is -0.884. The van der Waals surface area contributed by atoms with E-state index in [9.17, 15) is 9.90 Å². The second-order valence-electron chi connectivity index (χ2n) is 5.02. The number of carbonyl (C=O) groups is 1. The van der Waals surface area contributed by atoms with E-state index in [0.717, 1.165) is 16.8 Å². The first-order chi connectivity index (χ1) is 10.0. The molecule has 0 fully saturated rings. The molecule has 0 amide bonds. The molecule has 0 bridgehead atoms. The van der Waals surface area contributed by atoms with Gasteiger partial charge in [0, 0.05) is 19.3 Å². The number of anilines is 1. The number of hydrogen-bond acceptors (Lipinski definition) is 3. The number of nitrogens with zero attached hydrogens (tertiary/aromatic N) is 1. The normalized spacial score (nSPS) is 10.4. The molecular weight excluding hydrogens is 266 g/mol. The van der Waals surface area contributed by atoms with Gasteiger partial charge in [0.15, 0.2) is 0 Å². The molecule has 0 aliphatic carbocycles. The van der Waals surface area contributed by atoms with Gasteiger partial charge in [-0.3, -0.25) is 0 Å². The van der Waals surface area contributed by atoms with Crippen LogP contribution in [0.4, 0.5) is 5.69 Å². The van der Waals surface area contributed by atoms with Gasteiger partial charge in [-0.25, -0.2) is 4.79 Å². The molecule has 0 saturated heterocycles. The number of carboxylic acids is 1. The van der Waals surface area contributed by atoms with Gasteiger partial charge >= 0.3 is 5.97 Å². The number of aromatic hydroxyl groups is 1. The Kier molecular flexibility index (Phi) is 4.48. The maximum atomic E-state index is 11.1. The van der Waals surface area contributed by atoms with E-state index < -0.39 is 5.97 Å². The van der Waals surface area contributed by atoms with Crippen LogP contribution in [0.3, 0.4) is 0 Å². The maximum absolute atomic E-state index is 11.1. The van der Waals surface area contributed by atoms with Gasteiger partial charge < -0.3 is 15.1 Å². The van der Waals surface area contributed by atoms with Crippen molar-refractivity contribution in [3.8, 4) is 5.75 Å². The van der Waals surface area contributed by atoms with Crippen LogP contribution in [-0.4, -0.2) is 23.2 Å². The first kappa shape index (κ1) is 14.9. The molecule has 4 heteroatoms. The van der Waals surface area contributed by atoms with Crippen molar-refractivity contribution in [1.82, 2.24) is 0 Å². The molecule has 0 heterocycles. The van der Waals surface area contributed by atoms with Crippen LogP contribution < -0.4 is 4.90 Å². The summed E-state index contributed by atoms with van der Waals surface area (Å²) in [5, 5.41) is 18.4. The minimum absolute atomic E-state index is 0.242. The van der Waals surface area contributed by atoms with Crippen LogP contribution in [0.15, 0.2) is 42.5 Å². The molecule has 2 rings (SSSR count). The summed E-state index contributed by atoms with van der Waals surface area (Å²) in [6, 6.07) is 12.5. The minimum Gasteiger partial charge on any atom is -0.508 e. The SMILES string of the molecule is CCc1cc(CN(C)c2ccc(O)cc2)ccc1C(=O)O. The topological polar surface area (TPSA) is 60.8 Å². The van der Waals surface area contributed by atoms with E-state index in [1.807, 2.05) is 38.2 Å². The van der Waals surface area contributed by atoms with Crippen LogP contribution in [0.1, 0.15) is 28.4 Å². The van der Waals surface area contributed by atoms with Crippen molar-refractivity contribution in [3.63, 3.8) is 0 Å². The average molecular weight is 285 g/mol. The molecule has 110 valence electrons. The highest BCUT2D eigenvalue weighted by molar-refractivity contribution is 5.89. The lowest BCUT2D eigenvalue weighted by Gasteiger charge is -2.20. The zero-order chi connectivity index (χ0) is 15.4. The molecule has 21 heavy (non-hydrogen) atoms. The summed E-state index contributed by atoms with van der Waals surface area (Å²) in [6.45, 7) is 2.63. The maximum Gasteiger partial charge on any atom is 0.335 e. The molecule has 0 unspecified atom stereocenters. The Labute approximate surface area is 124 Å². The zero-order valence-corrected chi connectivity index (χ0v) is 12.2. The molecule has 0 spiro atoms. The van der Waals surface area contributed by atoms with Crippen LogP contribution in [0.25, 0.3) is 0 Å². The molecule has 0 atom stereocenters. The van der Waals surface area contributed by atoms with Gasteiger partial charge in [-0.2, -0.15) is 0 Å². The van der Waals surface area contributed by atoms with Crippen molar-refractivity contribution in [2.45, 2.75) is 19.9 Å². The van der Waals surface area contributed by atoms with E-state index in [4.69, 9.17) is 5.11 Å². The van der Waals surface area contributed by atoms with E-state index >= 15 is 0 Å². The number of aromatic carboxylic acids is 1. The molecule has 2 N–H and O–H groups in total. The third-order valence-corrected chi connectivity index (χ3v) is 3.49. The van der Waals surface area contributed by atoms with Crippen molar-refractivity contribution in [2.75, 3.05) is 11.9 Å². The lowest BCUT2D eigenvalue weighted by Crippen LogP contribution is -2.16. The largest absolute Gasteiger partial charge is 0.508 e. The Morgan fingerprint density at radius 2 is 1.81 bits per heavy atom. The summed E-state index contributed by atoms with van der Waals surface area (Å²) in [5.41, 5.74) is 3.27. The Hall–Kier alpha value is -2.49. The van der Waals surface area contributed by atoms with Crippen LogP contribution in [0.5, 0.6) is 5.75 Å². The molecule has 0 radical (unpaired) electrons. The summed E-state index contributed by atoms with van der Waals surface area (Å²) < 4.78 is 0. The monoisotopic (exact) mass is 285 g/mol. The van der Waals surface area contributed by atoms with Crippen molar-refractivity contribution in [2.24, 2.45) is 0 Å². The van der Waals surface area contributed by atoms with Gasteiger partial charge in [0.2, 0.25) is 0 Å². The second-order valence-corrected chi connectivity index (χ2v) is 5.02. The van der Waals surface area contributed by atoms with Crippen LogP contribution in [0.2, 0.25) is 0 Å². The summed E-state index contributed by atoms with van der Waals surface area (Å²) in [7, 11) is 1.96. The number of phenols is 1. The number of hydrogen-bond donors (Lipinski definition) is 2. The van der Waals surface area contributed by atoms with Crippen molar-refractivity contribution in [3.05, 3.63) is 59.2 Å². The van der Waals surface area contributed by atoms with Crippen LogP contribution in [0, 0.1) is 0 Å². The standard InChI is InChI=1S/C17H19NO3/c1-3-13-10-12(4-9-16(13)17(20)21)11-18(2)14-5-7-15(19)8-6-14/h4-10,19H,3,11H2,1-2H3,(H,20,21). The lowest BCUT2D eigenvalue weighted by molar-refractivity contribution is 0.0695. The number of phenolic OH excluding ortho intramolecular Hbond substituents is 1. The second kappa shape index (κ2) is 6.31. The molecule has 0 saturated carbocycles. The molecule has 2 aromatic rings. The van der Waals surface area contributed by atoms with Crippen molar-refractivity contribution in [1.29, 1.82) is 0 Å². The smallest absolute Gasteiger partial charge is 0.335 e. The fourth-order valence-corrected chi connectivity index (χ4v) is 2.32. The number of carboxylic acid groups (broad SMARTS) is 1. The van der Waals surface area contributed by atoms with Crippen LogP contribution in [-0.2, 0) is 13.0 Å². The molecule has 0 aromatic heterocycles. The first-order valence-corrected chi connectivity index (χ1v) is 6.86. The van der Waals surface area contributed by atoms with Crippen molar-refractivity contribution >= 4 is 11.7 Å². The highest BCUT2D eigenvalue weighted by atomic mass is 16.4. The van der Waals surface area contributed by atoms with Gasteiger partial charge in [0.25, 0.3) is 0 Å². The molecule has 0 aliphatic rings. The predicted octanol–water partition coefficient (Wildman–Crippen LogP) is 3.29. The summed E-state index contributed by atoms with van der Waals surface area (Å²) in [4.78, 5) is 13.2. The van der Waals surface area contributed by atoms with E-state index in [0.29, 0.717) is 18.5 Å². The quantitative estimate of drug-likeness (QED) is 0.885. The van der Waals surface area contributed by atoms with E-state index in [1.165, 1.54) is 0 Å². The van der Waals surface area contributed by atoms with E-state index in [1.54, 1.807) is 18.2 Å². The van der Waals surface area contributed by atoms with Crippen molar-refractivity contribution < 1.29 is 15.0 Å². The van der Waals surface area contributed by atoms with Gasteiger partial charge in [0.05, 0.1) is 5.56 Å². The molecule has 0 aliphatic heterocycles. The zero-order valence-electron chi connectivity index (χ0n) is 12.2. The summed E-state index contributed by atoms with van der Waals surface area (Å²) >= 11 is 0. The highest BCUT2D eigenvalue weighted by Gasteiger charge is 2.10. The first-order valence-electron chi connectivity index (χ1n) is 6.86.